The Kier molecular flexibility index (Phi) is 3.02. The van der Waals surface area contributed by atoms with Crippen LogP contribution in [0.3, 0.4) is 0 Å². The van der Waals surface area contributed by atoms with E-state index in [1.54, 1.807) is 12.4 Å². The van der Waals surface area contributed by atoms with Crippen molar-refractivity contribution in [2.24, 2.45) is 23.2 Å². The van der Waals surface area contributed by atoms with Crippen LogP contribution in [-0.2, 0) is 0 Å². The molecule has 4 nitrogen and oxygen atoms in total. The summed E-state index contributed by atoms with van der Waals surface area (Å²) in [5.41, 5.74) is 1.65. The predicted molar refractivity (Wildman–Crippen MR) is 79.7 cm³/mol. The number of aromatic nitrogens is 2. The number of aryl methyl sites for hydroxylation is 1. The van der Waals surface area contributed by atoms with Crippen LogP contribution >= 0.6 is 0 Å². The van der Waals surface area contributed by atoms with Crippen molar-refractivity contribution in [3.05, 3.63) is 23.8 Å². The molecule has 112 valence electrons. The van der Waals surface area contributed by atoms with E-state index in [2.05, 4.69) is 15.3 Å². The second-order valence-electron chi connectivity index (χ2n) is 7.64. The molecular formula is C17H23N3O. The SMILES string of the molecule is Cc1cnc(C(=O)NCC23CC4CC(CC(C4)C2)C3)cn1. The molecule has 21 heavy (non-hydrogen) atoms. The molecule has 1 aromatic rings. The zero-order valence-electron chi connectivity index (χ0n) is 12.6. The third-order valence-corrected chi connectivity index (χ3v) is 5.80. The van der Waals surface area contributed by atoms with Crippen molar-refractivity contribution in [3.8, 4) is 0 Å². The summed E-state index contributed by atoms with van der Waals surface area (Å²) >= 11 is 0. The average Bonchev–Trinajstić information content (AvgIpc) is 2.44. The van der Waals surface area contributed by atoms with E-state index in [1.807, 2.05) is 6.92 Å². The van der Waals surface area contributed by atoms with E-state index < -0.39 is 0 Å². The summed E-state index contributed by atoms with van der Waals surface area (Å²) < 4.78 is 0. The van der Waals surface area contributed by atoms with Gasteiger partial charge in [0, 0.05) is 12.7 Å². The van der Waals surface area contributed by atoms with Gasteiger partial charge in [-0.1, -0.05) is 0 Å². The number of nitrogens with zero attached hydrogens (tertiary/aromatic N) is 2. The van der Waals surface area contributed by atoms with Crippen LogP contribution in [0.5, 0.6) is 0 Å². The molecule has 4 aliphatic rings. The molecule has 1 heterocycles. The molecular weight excluding hydrogens is 262 g/mol. The first-order valence-electron chi connectivity index (χ1n) is 8.19. The van der Waals surface area contributed by atoms with E-state index in [0.29, 0.717) is 11.1 Å². The zero-order valence-corrected chi connectivity index (χ0v) is 12.6. The Morgan fingerprint density at radius 2 is 1.76 bits per heavy atom. The summed E-state index contributed by atoms with van der Waals surface area (Å²) in [5.74, 6) is 2.70. The van der Waals surface area contributed by atoms with Crippen LogP contribution in [0.2, 0.25) is 0 Å². The minimum Gasteiger partial charge on any atom is -0.350 e. The molecule has 4 bridgehead atoms. The van der Waals surface area contributed by atoms with Gasteiger partial charge >= 0.3 is 0 Å². The Balaban J connectivity index is 1.42. The van der Waals surface area contributed by atoms with E-state index >= 15 is 0 Å². The Hall–Kier alpha value is -1.45. The lowest BCUT2D eigenvalue weighted by molar-refractivity contribution is -0.0503. The lowest BCUT2D eigenvalue weighted by Crippen LogP contribution is -2.51. The maximum absolute atomic E-state index is 12.2. The van der Waals surface area contributed by atoms with Crippen LogP contribution < -0.4 is 5.32 Å². The summed E-state index contributed by atoms with van der Waals surface area (Å²) in [6.45, 7) is 2.70. The Morgan fingerprint density at radius 3 is 2.29 bits per heavy atom. The predicted octanol–water partition coefficient (Wildman–Crippen LogP) is 2.73. The third kappa shape index (κ3) is 2.45. The smallest absolute Gasteiger partial charge is 0.271 e. The normalized spacial score (nSPS) is 36.7. The molecule has 0 saturated heterocycles. The van der Waals surface area contributed by atoms with E-state index in [1.165, 1.54) is 38.5 Å². The Bertz CT molecular complexity index is 516. The summed E-state index contributed by atoms with van der Waals surface area (Å²) in [6.07, 6.45) is 11.5. The highest BCUT2D eigenvalue weighted by molar-refractivity contribution is 5.91. The van der Waals surface area contributed by atoms with Crippen LogP contribution in [0.1, 0.15) is 54.7 Å². The number of hydrogen-bond donors (Lipinski definition) is 1. The van der Waals surface area contributed by atoms with Gasteiger partial charge in [-0.3, -0.25) is 9.78 Å². The molecule has 0 radical (unpaired) electrons. The van der Waals surface area contributed by atoms with Crippen molar-refractivity contribution in [3.63, 3.8) is 0 Å². The van der Waals surface area contributed by atoms with Gasteiger partial charge < -0.3 is 5.32 Å². The first-order chi connectivity index (χ1) is 10.1. The number of hydrogen-bond acceptors (Lipinski definition) is 3. The molecule has 4 heteroatoms. The van der Waals surface area contributed by atoms with Crippen LogP contribution in [0.4, 0.5) is 0 Å². The summed E-state index contributed by atoms with van der Waals surface area (Å²) in [6, 6.07) is 0. The quantitative estimate of drug-likeness (QED) is 0.929. The fourth-order valence-electron chi connectivity index (χ4n) is 5.37. The average molecular weight is 285 g/mol. The maximum Gasteiger partial charge on any atom is 0.271 e. The van der Waals surface area contributed by atoms with Crippen LogP contribution in [0.25, 0.3) is 0 Å². The summed E-state index contributed by atoms with van der Waals surface area (Å²) in [5, 5.41) is 3.13. The molecule has 0 spiro atoms. The van der Waals surface area contributed by atoms with Crippen molar-refractivity contribution >= 4 is 5.91 Å². The van der Waals surface area contributed by atoms with Crippen LogP contribution in [0.15, 0.2) is 12.4 Å². The highest BCUT2D eigenvalue weighted by atomic mass is 16.1. The first-order valence-corrected chi connectivity index (χ1v) is 8.19. The van der Waals surface area contributed by atoms with Crippen molar-refractivity contribution in [1.82, 2.24) is 15.3 Å². The largest absolute Gasteiger partial charge is 0.350 e. The van der Waals surface area contributed by atoms with Crippen molar-refractivity contribution in [2.45, 2.75) is 45.4 Å². The van der Waals surface area contributed by atoms with Crippen LogP contribution in [0, 0.1) is 30.1 Å². The van der Waals surface area contributed by atoms with Gasteiger partial charge in [0.05, 0.1) is 11.9 Å². The van der Waals surface area contributed by atoms with Crippen molar-refractivity contribution < 1.29 is 4.79 Å². The van der Waals surface area contributed by atoms with Gasteiger partial charge in [0.2, 0.25) is 0 Å². The van der Waals surface area contributed by atoms with E-state index in [9.17, 15) is 4.79 Å². The molecule has 0 aromatic carbocycles. The van der Waals surface area contributed by atoms with Gasteiger partial charge in [-0.2, -0.15) is 0 Å². The number of nitrogens with one attached hydrogen (secondary N) is 1. The Labute approximate surface area is 125 Å². The van der Waals surface area contributed by atoms with Gasteiger partial charge in [-0.05, 0) is 68.6 Å². The topological polar surface area (TPSA) is 54.9 Å². The fourth-order valence-corrected chi connectivity index (χ4v) is 5.37. The lowest BCUT2D eigenvalue weighted by Gasteiger charge is -2.56. The number of carbonyl (C=O) groups is 1. The molecule has 0 unspecified atom stereocenters. The third-order valence-electron chi connectivity index (χ3n) is 5.80. The standard InChI is InChI=1S/C17H23N3O/c1-11-8-19-15(9-18-11)16(21)20-10-17-5-12-2-13(6-17)4-14(3-12)7-17/h8-9,12-14H,2-7,10H2,1H3,(H,20,21). The molecule has 0 aliphatic heterocycles. The second-order valence-corrected chi connectivity index (χ2v) is 7.64. The number of amides is 1. The molecule has 4 saturated carbocycles. The highest BCUT2D eigenvalue weighted by Crippen LogP contribution is 2.59. The minimum atomic E-state index is -0.0711. The zero-order chi connectivity index (χ0) is 14.4. The number of carbonyl (C=O) groups excluding carboxylic acids is 1. The fraction of sp³-hybridized carbons (Fsp3) is 0.706. The van der Waals surface area contributed by atoms with E-state index in [4.69, 9.17) is 0 Å². The van der Waals surface area contributed by atoms with Crippen molar-refractivity contribution in [1.29, 1.82) is 0 Å². The second kappa shape index (κ2) is 4.79. The first kappa shape index (κ1) is 13.2. The lowest BCUT2D eigenvalue weighted by atomic mass is 9.49. The molecule has 0 atom stereocenters. The Morgan fingerprint density at radius 1 is 1.14 bits per heavy atom. The molecule has 1 amide bonds. The molecule has 4 fully saturated rings. The summed E-state index contributed by atoms with van der Waals surface area (Å²) in [4.78, 5) is 20.6. The van der Waals surface area contributed by atoms with Gasteiger partial charge in [0.25, 0.3) is 5.91 Å². The van der Waals surface area contributed by atoms with E-state index in [0.717, 1.165) is 30.0 Å². The van der Waals surface area contributed by atoms with Gasteiger partial charge in [0.15, 0.2) is 0 Å². The van der Waals surface area contributed by atoms with Gasteiger partial charge in [-0.15, -0.1) is 0 Å². The monoisotopic (exact) mass is 285 g/mol. The summed E-state index contributed by atoms with van der Waals surface area (Å²) in [7, 11) is 0. The molecule has 5 rings (SSSR count). The van der Waals surface area contributed by atoms with Gasteiger partial charge in [-0.25, -0.2) is 4.98 Å². The van der Waals surface area contributed by atoms with Crippen LogP contribution in [-0.4, -0.2) is 22.4 Å². The maximum atomic E-state index is 12.2. The van der Waals surface area contributed by atoms with Crippen molar-refractivity contribution in [2.75, 3.05) is 6.54 Å². The molecule has 1 N–H and O–H groups in total. The minimum absolute atomic E-state index is 0.0711. The van der Waals surface area contributed by atoms with E-state index in [-0.39, 0.29) is 5.91 Å². The molecule has 1 aromatic heterocycles. The highest BCUT2D eigenvalue weighted by Gasteiger charge is 2.50. The molecule has 4 aliphatic carbocycles. The van der Waals surface area contributed by atoms with Gasteiger partial charge in [0.1, 0.15) is 5.69 Å². The number of rotatable bonds is 3.